The predicted molar refractivity (Wildman–Crippen MR) is 34.0 cm³/mol. The van der Waals surface area contributed by atoms with Crippen LogP contribution < -0.4 is 0 Å². The van der Waals surface area contributed by atoms with E-state index in [-0.39, 0.29) is 12.1 Å². The lowest BCUT2D eigenvalue weighted by atomic mass is 10.0. The molecule has 0 spiro atoms. The minimum atomic E-state index is -0.0411. The zero-order valence-corrected chi connectivity index (χ0v) is 5.89. The number of cyclic esters (lactones) is 1. The number of carbonyl (C=O) groups excluding carboxylic acids is 1. The van der Waals surface area contributed by atoms with Gasteiger partial charge < -0.3 is 4.74 Å². The number of hydrogen-bond acceptors (Lipinski definition) is 2. The SMILES string of the molecule is CC(C)C[C@H]1CC(=O)O1. The second-order valence-corrected chi connectivity index (χ2v) is 2.95. The van der Waals surface area contributed by atoms with Gasteiger partial charge in [0.1, 0.15) is 6.10 Å². The zero-order chi connectivity index (χ0) is 6.85. The summed E-state index contributed by atoms with van der Waals surface area (Å²) in [5.74, 6) is 0.601. The van der Waals surface area contributed by atoms with Crippen molar-refractivity contribution < 1.29 is 9.53 Å². The minimum absolute atomic E-state index is 0.0411. The summed E-state index contributed by atoms with van der Waals surface area (Å²) in [6.45, 7) is 4.26. The van der Waals surface area contributed by atoms with Crippen molar-refractivity contribution in [2.75, 3.05) is 0 Å². The van der Waals surface area contributed by atoms with Crippen LogP contribution in [0.25, 0.3) is 0 Å². The van der Waals surface area contributed by atoms with Crippen molar-refractivity contribution in [3.8, 4) is 0 Å². The Kier molecular flexibility index (Phi) is 1.74. The van der Waals surface area contributed by atoms with Gasteiger partial charge in [-0.1, -0.05) is 13.8 Å². The summed E-state index contributed by atoms with van der Waals surface area (Å²) in [5.41, 5.74) is 0. The fraction of sp³-hybridized carbons (Fsp3) is 0.857. The second-order valence-electron chi connectivity index (χ2n) is 2.95. The predicted octanol–water partition coefficient (Wildman–Crippen LogP) is 1.35. The average Bonchev–Trinajstić information content (AvgIpc) is 1.60. The van der Waals surface area contributed by atoms with Crippen LogP contribution in [0.2, 0.25) is 0 Å². The standard InChI is InChI=1S/C7H12O2/c1-5(2)3-6-4-7(8)9-6/h5-6H,3-4H2,1-2H3/t6-/m0/s1. The molecule has 1 rings (SSSR count). The topological polar surface area (TPSA) is 26.3 Å². The molecule has 0 saturated carbocycles. The van der Waals surface area contributed by atoms with Crippen molar-refractivity contribution in [2.45, 2.75) is 32.8 Å². The quantitative estimate of drug-likeness (QED) is 0.525. The Morgan fingerprint density at radius 2 is 2.33 bits per heavy atom. The molecule has 0 aromatic rings. The molecule has 0 unspecified atom stereocenters. The van der Waals surface area contributed by atoms with Gasteiger partial charge in [0.2, 0.25) is 0 Å². The summed E-state index contributed by atoms with van der Waals surface area (Å²) in [5, 5.41) is 0. The van der Waals surface area contributed by atoms with E-state index in [9.17, 15) is 4.79 Å². The molecule has 52 valence electrons. The molecule has 1 heterocycles. The third-order valence-corrected chi connectivity index (χ3v) is 1.43. The molecule has 0 N–H and O–H groups in total. The fourth-order valence-electron chi connectivity index (χ4n) is 1.02. The molecule has 2 nitrogen and oxygen atoms in total. The highest BCUT2D eigenvalue weighted by molar-refractivity contribution is 5.75. The van der Waals surface area contributed by atoms with Crippen molar-refractivity contribution in [1.82, 2.24) is 0 Å². The fourth-order valence-corrected chi connectivity index (χ4v) is 1.02. The van der Waals surface area contributed by atoms with E-state index >= 15 is 0 Å². The van der Waals surface area contributed by atoms with Gasteiger partial charge >= 0.3 is 5.97 Å². The number of carbonyl (C=O) groups is 1. The van der Waals surface area contributed by atoms with Crippen LogP contribution >= 0.6 is 0 Å². The maximum absolute atomic E-state index is 10.3. The highest BCUT2D eigenvalue weighted by Gasteiger charge is 2.28. The van der Waals surface area contributed by atoms with Crippen molar-refractivity contribution in [3.05, 3.63) is 0 Å². The first-order valence-electron chi connectivity index (χ1n) is 3.38. The second kappa shape index (κ2) is 2.38. The third-order valence-electron chi connectivity index (χ3n) is 1.43. The van der Waals surface area contributed by atoms with Gasteiger partial charge in [0.25, 0.3) is 0 Å². The van der Waals surface area contributed by atoms with Crippen LogP contribution in [0.15, 0.2) is 0 Å². The molecule has 0 radical (unpaired) electrons. The third kappa shape index (κ3) is 1.70. The number of esters is 1. The molecule has 0 amide bonds. The van der Waals surface area contributed by atoms with Crippen LogP contribution in [0.4, 0.5) is 0 Å². The summed E-state index contributed by atoms with van der Waals surface area (Å²) in [6.07, 6.45) is 1.89. The largest absolute Gasteiger partial charge is 0.462 e. The van der Waals surface area contributed by atoms with E-state index in [1.165, 1.54) is 0 Å². The monoisotopic (exact) mass is 128 g/mol. The van der Waals surface area contributed by atoms with Gasteiger partial charge in [-0.3, -0.25) is 4.79 Å². The van der Waals surface area contributed by atoms with Crippen LogP contribution in [0, 0.1) is 5.92 Å². The van der Waals surface area contributed by atoms with E-state index in [2.05, 4.69) is 13.8 Å². The summed E-state index contributed by atoms with van der Waals surface area (Å²) >= 11 is 0. The van der Waals surface area contributed by atoms with Crippen LogP contribution in [-0.2, 0) is 9.53 Å². The van der Waals surface area contributed by atoms with E-state index < -0.39 is 0 Å². The molecule has 1 aliphatic rings. The highest BCUT2D eigenvalue weighted by atomic mass is 16.6. The molecule has 2 heteroatoms. The van der Waals surface area contributed by atoms with E-state index in [0.29, 0.717) is 12.3 Å². The lowest BCUT2D eigenvalue weighted by Crippen LogP contribution is -2.33. The lowest BCUT2D eigenvalue weighted by Gasteiger charge is -2.26. The van der Waals surface area contributed by atoms with Gasteiger partial charge in [-0.25, -0.2) is 0 Å². The van der Waals surface area contributed by atoms with Gasteiger partial charge in [0, 0.05) is 0 Å². The first-order chi connectivity index (χ1) is 4.18. The van der Waals surface area contributed by atoms with E-state index in [1.54, 1.807) is 0 Å². The Morgan fingerprint density at radius 3 is 2.67 bits per heavy atom. The normalized spacial score (nSPS) is 25.7. The van der Waals surface area contributed by atoms with E-state index in [4.69, 9.17) is 4.74 Å². The Balaban J connectivity index is 2.11. The minimum Gasteiger partial charge on any atom is -0.462 e. The Labute approximate surface area is 55.2 Å². The molecular formula is C7H12O2. The molecule has 1 fully saturated rings. The van der Waals surface area contributed by atoms with E-state index in [1.807, 2.05) is 0 Å². The Hall–Kier alpha value is -0.530. The summed E-state index contributed by atoms with van der Waals surface area (Å²) in [7, 11) is 0. The molecule has 0 aromatic carbocycles. The number of ether oxygens (including phenoxy) is 1. The Morgan fingerprint density at radius 1 is 1.78 bits per heavy atom. The lowest BCUT2D eigenvalue weighted by molar-refractivity contribution is -0.170. The van der Waals surface area contributed by atoms with E-state index in [0.717, 1.165) is 6.42 Å². The summed E-state index contributed by atoms with van der Waals surface area (Å²) < 4.78 is 4.81. The molecule has 1 atom stereocenters. The van der Waals surface area contributed by atoms with Gasteiger partial charge in [-0.2, -0.15) is 0 Å². The van der Waals surface area contributed by atoms with Gasteiger partial charge in [0.15, 0.2) is 0 Å². The average molecular weight is 128 g/mol. The Bertz CT molecular complexity index is 110. The number of hydrogen-bond donors (Lipinski definition) is 0. The van der Waals surface area contributed by atoms with Crippen molar-refractivity contribution in [2.24, 2.45) is 5.92 Å². The first-order valence-corrected chi connectivity index (χ1v) is 3.38. The van der Waals surface area contributed by atoms with Crippen molar-refractivity contribution >= 4 is 5.97 Å². The maximum atomic E-state index is 10.3. The molecule has 0 aliphatic carbocycles. The summed E-state index contributed by atoms with van der Waals surface area (Å²) in [6, 6.07) is 0. The molecule has 0 bridgehead atoms. The molecule has 0 aromatic heterocycles. The molecule has 1 saturated heterocycles. The van der Waals surface area contributed by atoms with Gasteiger partial charge in [-0.15, -0.1) is 0 Å². The van der Waals surface area contributed by atoms with Crippen molar-refractivity contribution in [3.63, 3.8) is 0 Å². The number of rotatable bonds is 2. The zero-order valence-electron chi connectivity index (χ0n) is 5.89. The molecule has 9 heavy (non-hydrogen) atoms. The smallest absolute Gasteiger partial charge is 0.309 e. The van der Waals surface area contributed by atoms with Gasteiger partial charge in [-0.05, 0) is 12.3 Å². The van der Waals surface area contributed by atoms with Crippen LogP contribution in [0.3, 0.4) is 0 Å². The molecule has 1 aliphatic heterocycles. The first kappa shape index (κ1) is 6.59. The maximum Gasteiger partial charge on any atom is 0.309 e. The van der Waals surface area contributed by atoms with Crippen LogP contribution in [0.1, 0.15) is 26.7 Å². The summed E-state index contributed by atoms with van der Waals surface area (Å²) in [4.78, 5) is 10.3. The molecular weight excluding hydrogens is 116 g/mol. The van der Waals surface area contributed by atoms with Crippen LogP contribution in [0.5, 0.6) is 0 Å². The highest BCUT2D eigenvalue weighted by Crippen LogP contribution is 2.20. The van der Waals surface area contributed by atoms with Gasteiger partial charge in [0.05, 0.1) is 6.42 Å². The van der Waals surface area contributed by atoms with Crippen LogP contribution in [-0.4, -0.2) is 12.1 Å². The van der Waals surface area contributed by atoms with Crippen molar-refractivity contribution in [1.29, 1.82) is 0 Å².